The molecule has 0 fully saturated rings. The molecule has 1 aliphatic rings. The summed E-state index contributed by atoms with van der Waals surface area (Å²) >= 11 is 3.50. The lowest BCUT2D eigenvalue weighted by molar-refractivity contribution is 0.168. The Morgan fingerprint density at radius 3 is 2.76 bits per heavy atom. The quantitative estimate of drug-likeness (QED) is 0.841. The van der Waals surface area contributed by atoms with E-state index in [-0.39, 0.29) is 6.10 Å². The Kier molecular flexibility index (Phi) is 4.01. The number of pyridine rings is 1. The lowest BCUT2D eigenvalue weighted by atomic mass is 9.98. The van der Waals surface area contributed by atoms with Crippen molar-refractivity contribution in [2.24, 2.45) is 0 Å². The first-order valence-corrected chi connectivity index (χ1v) is 7.53. The molecule has 0 radical (unpaired) electrons. The van der Waals surface area contributed by atoms with Crippen molar-refractivity contribution in [2.45, 2.75) is 18.9 Å². The van der Waals surface area contributed by atoms with Gasteiger partial charge in [0.2, 0.25) is 5.88 Å². The van der Waals surface area contributed by atoms with Crippen LogP contribution in [0.15, 0.2) is 34.9 Å². The van der Waals surface area contributed by atoms with Crippen LogP contribution >= 0.6 is 15.9 Å². The third kappa shape index (κ3) is 2.83. The molecule has 110 valence electrons. The average Bonchev–Trinajstić information content (AvgIpc) is 2.53. The highest BCUT2D eigenvalue weighted by atomic mass is 79.9. The molecule has 1 atom stereocenters. The minimum absolute atomic E-state index is 0.00835. The Labute approximate surface area is 132 Å². The van der Waals surface area contributed by atoms with Crippen LogP contribution in [0.25, 0.3) is 0 Å². The van der Waals surface area contributed by atoms with Gasteiger partial charge in [0.1, 0.15) is 6.10 Å². The maximum Gasteiger partial charge on any atom is 0.212 e. The van der Waals surface area contributed by atoms with Crippen LogP contribution in [-0.4, -0.2) is 19.2 Å². The summed E-state index contributed by atoms with van der Waals surface area (Å²) in [5.74, 6) is 2.19. The summed E-state index contributed by atoms with van der Waals surface area (Å²) < 4.78 is 17.7. The second-order valence-electron chi connectivity index (χ2n) is 4.88. The molecule has 0 aliphatic carbocycles. The molecule has 0 N–H and O–H groups in total. The van der Waals surface area contributed by atoms with Crippen molar-refractivity contribution in [3.8, 4) is 17.4 Å². The third-order valence-electron chi connectivity index (χ3n) is 3.59. The number of hydrogen-bond donors (Lipinski definition) is 0. The molecule has 1 aliphatic heterocycles. The number of fused-ring (bicyclic) bond motifs is 1. The van der Waals surface area contributed by atoms with E-state index in [4.69, 9.17) is 14.2 Å². The third-order valence-corrected chi connectivity index (χ3v) is 4.05. The number of aromatic nitrogens is 1. The second-order valence-corrected chi connectivity index (χ2v) is 5.79. The molecule has 1 aromatic heterocycles. The van der Waals surface area contributed by atoms with Crippen molar-refractivity contribution in [2.75, 3.05) is 14.2 Å². The van der Waals surface area contributed by atoms with Crippen LogP contribution in [0.3, 0.4) is 0 Å². The molecule has 0 saturated carbocycles. The topological polar surface area (TPSA) is 40.6 Å². The molecule has 0 amide bonds. The molecular formula is C16H16BrNO3. The maximum absolute atomic E-state index is 6.14. The van der Waals surface area contributed by atoms with Gasteiger partial charge in [-0.25, -0.2) is 4.98 Å². The predicted octanol–water partition coefficient (Wildman–Crippen LogP) is 3.93. The van der Waals surface area contributed by atoms with Crippen molar-refractivity contribution in [3.05, 3.63) is 46.1 Å². The van der Waals surface area contributed by atoms with Gasteiger partial charge < -0.3 is 14.2 Å². The number of hydrogen-bond acceptors (Lipinski definition) is 4. The van der Waals surface area contributed by atoms with E-state index in [1.54, 1.807) is 20.4 Å². The smallest absolute Gasteiger partial charge is 0.212 e. The fraction of sp³-hybridized carbons (Fsp3) is 0.312. The first-order valence-electron chi connectivity index (χ1n) is 6.74. The summed E-state index contributed by atoms with van der Waals surface area (Å²) in [6.07, 6.45) is 3.66. The number of ether oxygens (including phenoxy) is 3. The normalized spacial score (nSPS) is 16.8. The molecule has 2 aromatic rings. The fourth-order valence-corrected chi connectivity index (χ4v) is 3.00. The molecule has 2 heterocycles. The molecule has 5 heteroatoms. The van der Waals surface area contributed by atoms with E-state index in [1.807, 2.05) is 18.2 Å². The fourth-order valence-electron chi connectivity index (χ4n) is 2.52. The summed E-state index contributed by atoms with van der Waals surface area (Å²) in [7, 11) is 3.27. The summed E-state index contributed by atoms with van der Waals surface area (Å²) in [6.45, 7) is 0. The minimum Gasteiger partial charge on any atom is -0.493 e. The molecule has 0 saturated heterocycles. The Morgan fingerprint density at radius 1 is 1.24 bits per heavy atom. The molecule has 1 aromatic carbocycles. The van der Waals surface area contributed by atoms with Crippen LogP contribution < -0.4 is 14.2 Å². The Balaban J connectivity index is 1.89. The number of nitrogens with zero attached hydrogens (tertiary/aromatic N) is 1. The molecule has 3 rings (SSSR count). The summed E-state index contributed by atoms with van der Waals surface area (Å²) in [5, 5.41) is 0. The summed E-state index contributed by atoms with van der Waals surface area (Å²) in [4.78, 5) is 4.24. The van der Waals surface area contributed by atoms with Crippen molar-refractivity contribution in [1.82, 2.24) is 4.98 Å². The zero-order valence-electron chi connectivity index (χ0n) is 11.9. The van der Waals surface area contributed by atoms with Gasteiger partial charge in [0.05, 0.1) is 14.2 Å². The number of aryl methyl sites for hydroxylation is 1. The summed E-state index contributed by atoms with van der Waals surface area (Å²) in [6, 6.07) is 7.85. The van der Waals surface area contributed by atoms with Crippen molar-refractivity contribution in [1.29, 1.82) is 0 Å². The van der Waals surface area contributed by atoms with Gasteiger partial charge in [0.15, 0.2) is 11.5 Å². The van der Waals surface area contributed by atoms with Crippen molar-refractivity contribution < 1.29 is 14.2 Å². The van der Waals surface area contributed by atoms with Gasteiger partial charge in [-0.3, -0.25) is 0 Å². The lowest BCUT2D eigenvalue weighted by Gasteiger charge is -2.27. The zero-order chi connectivity index (χ0) is 14.8. The molecule has 0 spiro atoms. The highest BCUT2D eigenvalue weighted by molar-refractivity contribution is 9.10. The molecule has 1 unspecified atom stereocenters. The lowest BCUT2D eigenvalue weighted by Crippen LogP contribution is -2.16. The summed E-state index contributed by atoms with van der Waals surface area (Å²) in [5.41, 5.74) is 2.21. The zero-order valence-corrected chi connectivity index (χ0v) is 13.5. The van der Waals surface area contributed by atoms with Gasteiger partial charge in [0, 0.05) is 22.3 Å². The van der Waals surface area contributed by atoms with Gasteiger partial charge in [-0.1, -0.05) is 15.9 Å². The SMILES string of the molecule is COc1ccc(C2CCc3cc(Br)cc(OC)c3O2)cn1. The van der Waals surface area contributed by atoms with Gasteiger partial charge >= 0.3 is 0 Å². The standard InChI is InChI=1S/C16H16BrNO3/c1-19-14-8-12(17)7-10-3-5-13(21-16(10)14)11-4-6-15(20-2)18-9-11/h4,6-9,13H,3,5H2,1-2H3. The van der Waals surface area contributed by atoms with E-state index in [0.717, 1.165) is 34.4 Å². The van der Waals surface area contributed by atoms with Crippen LogP contribution in [0.4, 0.5) is 0 Å². The number of methoxy groups -OCH3 is 2. The van der Waals surface area contributed by atoms with Crippen LogP contribution in [0, 0.1) is 0 Å². The first kappa shape index (κ1) is 14.2. The van der Waals surface area contributed by atoms with E-state index in [0.29, 0.717) is 5.88 Å². The van der Waals surface area contributed by atoms with E-state index < -0.39 is 0 Å². The Hall–Kier alpha value is -1.75. The minimum atomic E-state index is -0.00835. The van der Waals surface area contributed by atoms with Crippen molar-refractivity contribution >= 4 is 15.9 Å². The average molecular weight is 350 g/mol. The molecule has 4 nitrogen and oxygen atoms in total. The van der Waals surface area contributed by atoms with Gasteiger partial charge in [-0.05, 0) is 36.6 Å². The van der Waals surface area contributed by atoms with Gasteiger partial charge in [-0.15, -0.1) is 0 Å². The molecule has 0 bridgehead atoms. The number of benzene rings is 1. The Bertz CT molecular complexity index is 625. The van der Waals surface area contributed by atoms with Crippen LogP contribution in [0.2, 0.25) is 0 Å². The monoisotopic (exact) mass is 349 g/mol. The van der Waals surface area contributed by atoms with Gasteiger partial charge in [0.25, 0.3) is 0 Å². The highest BCUT2D eigenvalue weighted by Crippen LogP contribution is 2.42. The molecular weight excluding hydrogens is 334 g/mol. The molecule has 21 heavy (non-hydrogen) atoms. The first-order chi connectivity index (χ1) is 10.2. The van der Waals surface area contributed by atoms with E-state index in [2.05, 4.69) is 27.0 Å². The van der Waals surface area contributed by atoms with Crippen LogP contribution in [-0.2, 0) is 6.42 Å². The van der Waals surface area contributed by atoms with E-state index in [9.17, 15) is 0 Å². The van der Waals surface area contributed by atoms with Gasteiger partial charge in [-0.2, -0.15) is 0 Å². The largest absolute Gasteiger partial charge is 0.493 e. The number of rotatable bonds is 3. The van der Waals surface area contributed by atoms with Crippen LogP contribution in [0.1, 0.15) is 23.7 Å². The predicted molar refractivity (Wildman–Crippen MR) is 83.2 cm³/mol. The Morgan fingerprint density at radius 2 is 2.10 bits per heavy atom. The van der Waals surface area contributed by atoms with E-state index >= 15 is 0 Å². The second kappa shape index (κ2) is 5.93. The van der Waals surface area contributed by atoms with Crippen LogP contribution in [0.5, 0.6) is 17.4 Å². The van der Waals surface area contributed by atoms with E-state index in [1.165, 1.54) is 5.56 Å². The maximum atomic E-state index is 6.14. The highest BCUT2D eigenvalue weighted by Gasteiger charge is 2.25. The number of halogens is 1. The van der Waals surface area contributed by atoms with Crippen molar-refractivity contribution in [3.63, 3.8) is 0 Å².